The lowest BCUT2D eigenvalue weighted by molar-refractivity contribution is -0.140. The predicted molar refractivity (Wildman–Crippen MR) is 124 cm³/mol. The molecule has 29 heavy (non-hydrogen) atoms. The Labute approximate surface area is 192 Å². The van der Waals surface area contributed by atoms with Gasteiger partial charge in [0.25, 0.3) is 0 Å². The monoisotopic (exact) mass is 529 g/mol. The van der Waals surface area contributed by atoms with Crippen LogP contribution in [0.25, 0.3) is 0 Å². The maximum absolute atomic E-state index is 12.7. The number of likely N-dealkylation sites (tertiary alicyclic amines) is 1. The van der Waals surface area contributed by atoms with Gasteiger partial charge in [-0.05, 0) is 38.5 Å². The van der Waals surface area contributed by atoms with E-state index >= 15 is 0 Å². The Balaban J connectivity index is 0.00000240. The van der Waals surface area contributed by atoms with Crippen LogP contribution in [0.4, 0.5) is 0 Å². The molecule has 2 N–H and O–H groups in total. The van der Waals surface area contributed by atoms with E-state index in [1.54, 1.807) is 11.3 Å². The first-order valence-electron chi connectivity index (χ1n) is 10.1. The van der Waals surface area contributed by atoms with E-state index in [0.29, 0.717) is 26.1 Å². The number of hydrogen-bond acceptors (Lipinski definition) is 5. The second kappa shape index (κ2) is 9.55. The van der Waals surface area contributed by atoms with Crippen LogP contribution in [0.5, 0.6) is 0 Å². The highest BCUT2D eigenvalue weighted by Crippen LogP contribution is 2.52. The number of thiazole rings is 1. The Morgan fingerprint density at radius 2 is 1.93 bits per heavy atom. The highest BCUT2D eigenvalue weighted by molar-refractivity contribution is 14.0. The van der Waals surface area contributed by atoms with E-state index in [2.05, 4.69) is 32.8 Å². The molecule has 2 heterocycles. The van der Waals surface area contributed by atoms with E-state index in [1.165, 1.54) is 4.90 Å². The standard InChI is InChI=1S/C20H27N5O2S.HI/c1-3-21-20(24-11-15-10-23-12(2)28-15)22-7-4-8-25-18(26)16-13-5-6-14(9-13)17(16)19(25)27;/h5-6,10,13-14,16-17H,3-4,7-9,11H2,1-2H3,(H2,21,22,24);1H. The van der Waals surface area contributed by atoms with Crippen LogP contribution in [0.1, 0.15) is 29.7 Å². The number of carbonyl (C=O) groups excluding carboxylic acids is 2. The highest BCUT2D eigenvalue weighted by atomic mass is 127. The third-order valence-electron chi connectivity index (χ3n) is 5.82. The number of rotatable bonds is 7. The largest absolute Gasteiger partial charge is 0.357 e. The van der Waals surface area contributed by atoms with E-state index in [-0.39, 0.29) is 59.5 Å². The number of fused-ring (bicyclic) bond motifs is 5. The first kappa shape index (κ1) is 22.2. The average Bonchev–Trinajstić information content (AvgIpc) is 3.43. The summed E-state index contributed by atoms with van der Waals surface area (Å²) in [6, 6.07) is 0. The molecular formula is C20H28IN5O2S. The Bertz CT molecular complexity index is 794. The topological polar surface area (TPSA) is 86.7 Å². The zero-order valence-electron chi connectivity index (χ0n) is 16.8. The Hall–Kier alpha value is -1.49. The molecule has 158 valence electrons. The van der Waals surface area contributed by atoms with Crippen molar-refractivity contribution in [2.75, 3.05) is 19.6 Å². The molecule has 7 nitrogen and oxygen atoms in total. The number of hydrogen-bond donors (Lipinski definition) is 2. The molecule has 1 saturated carbocycles. The molecule has 2 bridgehead atoms. The molecule has 0 aromatic carbocycles. The molecule has 2 aliphatic carbocycles. The molecule has 4 unspecified atom stereocenters. The van der Waals surface area contributed by atoms with Gasteiger partial charge in [-0.2, -0.15) is 0 Å². The number of aromatic nitrogens is 1. The van der Waals surface area contributed by atoms with Gasteiger partial charge in [-0.25, -0.2) is 9.98 Å². The van der Waals surface area contributed by atoms with Gasteiger partial charge >= 0.3 is 0 Å². The molecule has 4 rings (SSSR count). The van der Waals surface area contributed by atoms with Crippen LogP contribution in [0, 0.1) is 30.6 Å². The number of allylic oxidation sites excluding steroid dienone is 2. The minimum Gasteiger partial charge on any atom is -0.357 e. The quantitative estimate of drug-likeness (QED) is 0.142. The summed E-state index contributed by atoms with van der Waals surface area (Å²) in [5, 5.41) is 7.56. The lowest BCUT2D eigenvalue weighted by atomic mass is 9.85. The smallest absolute Gasteiger partial charge is 0.233 e. The molecule has 1 aliphatic heterocycles. The molecule has 3 aliphatic rings. The van der Waals surface area contributed by atoms with Crippen molar-refractivity contribution in [3.05, 3.63) is 28.2 Å². The third-order valence-corrected chi connectivity index (χ3v) is 6.72. The predicted octanol–water partition coefficient (Wildman–Crippen LogP) is 2.32. The van der Waals surface area contributed by atoms with Crippen LogP contribution in [0.15, 0.2) is 23.3 Å². The number of aryl methyl sites for hydroxylation is 1. The molecule has 1 aromatic heterocycles. The van der Waals surface area contributed by atoms with Gasteiger partial charge in [0.05, 0.1) is 23.4 Å². The Morgan fingerprint density at radius 1 is 1.24 bits per heavy atom. The van der Waals surface area contributed by atoms with E-state index in [9.17, 15) is 9.59 Å². The molecule has 1 saturated heterocycles. The summed E-state index contributed by atoms with van der Waals surface area (Å²) >= 11 is 1.65. The van der Waals surface area contributed by atoms with Crippen molar-refractivity contribution in [1.29, 1.82) is 0 Å². The summed E-state index contributed by atoms with van der Waals surface area (Å²) in [4.78, 5) is 36.8. The van der Waals surface area contributed by atoms with Crippen molar-refractivity contribution in [3.63, 3.8) is 0 Å². The van der Waals surface area contributed by atoms with Crippen LogP contribution in [0.3, 0.4) is 0 Å². The van der Waals surface area contributed by atoms with Gasteiger partial charge in [0, 0.05) is 30.7 Å². The first-order valence-corrected chi connectivity index (χ1v) is 10.9. The third kappa shape index (κ3) is 4.50. The van der Waals surface area contributed by atoms with Gasteiger partial charge in [0.15, 0.2) is 5.96 Å². The maximum Gasteiger partial charge on any atom is 0.233 e. The minimum atomic E-state index is -0.0998. The van der Waals surface area contributed by atoms with E-state index in [0.717, 1.165) is 28.8 Å². The van der Waals surface area contributed by atoms with Crippen molar-refractivity contribution in [2.24, 2.45) is 28.7 Å². The van der Waals surface area contributed by atoms with Crippen LogP contribution >= 0.6 is 35.3 Å². The number of imide groups is 1. The van der Waals surface area contributed by atoms with Gasteiger partial charge in [-0.15, -0.1) is 35.3 Å². The molecule has 0 spiro atoms. The van der Waals surface area contributed by atoms with Crippen LogP contribution in [-0.4, -0.2) is 47.3 Å². The number of guanidine groups is 1. The molecule has 2 fully saturated rings. The summed E-state index contributed by atoms with van der Waals surface area (Å²) in [6.45, 7) is 6.50. The molecular weight excluding hydrogens is 501 g/mol. The fraction of sp³-hybridized carbons (Fsp3) is 0.600. The second-order valence-corrected chi connectivity index (χ2v) is 8.97. The number of amides is 2. The fourth-order valence-electron chi connectivity index (χ4n) is 4.61. The van der Waals surface area contributed by atoms with Crippen molar-refractivity contribution in [1.82, 2.24) is 20.5 Å². The van der Waals surface area contributed by atoms with Crippen LogP contribution < -0.4 is 10.6 Å². The summed E-state index contributed by atoms with van der Waals surface area (Å²) in [5.74, 6) is 1.16. The molecule has 2 amide bonds. The summed E-state index contributed by atoms with van der Waals surface area (Å²) in [7, 11) is 0. The number of nitrogens with zero attached hydrogens (tertiary/aromatic N) is 3. The highest BCUT2D eigenvalue weighted by Gasteiger charge is 2.58. The van der Waals surface area contributed by atoms with E-state index < -0.39 is 0 Å². The molecule has 4 atom stereocenters. The van der Waals surface area contributed by atoms with E-state index in [1.807, 2.05) is 20.0 Å². The maximum atomic E-state index is 12.7. The zero-order valence-corrected chi connectivity index (χ0v) is 19.9. The van der Waals surface area contributed by atoms with Gasteiger partial charge in [0.2, 0.25) is 11.8 Å². The van der Waals surface area contributed by atoms with Crippen molar-refractivity contribution < 1.29 is 9.59 Å². The molecule has 0 radical (unpaired) electrons. The number of carbonyl (C=O) groups is 2. The Morgan fingerprint density at radius 3 is 2.52 bits per heavy atom. The Kier molecular flexibility index (Phi) is 7.31. The summed E-state index contributed by atoms with van der Waals surface area (Å²) < 4.78 is 0. The van der Waals surface area contributed by atoms with Gasteiger partial charge in [-0.3, -0.25) is 14.5 Å². The number of nitrogens with one attached hydrogen (secondary N) is 2. The van der Waals surface area contributed by atoms with Crippen LogP contribution in [0.2, 0.25) is 0 Å². The van der Waals surface area contributed by atoms with E-state index in [4.69, 9.17) is 0 Å². The van der Waals surface area contributed by atoms with Crippen molar-refractivity contribution >= 4 is 53.1 Å². The lowest BCUT2D eigenvalue weighted by Gasteiger charge is -2.18. The fourth-order valence-corrected chi connectivity index (χ4v) is 5.32. The molecule has 9 heteroatoms. The number of aliphatic imine (C=N–C) groups is 1. The normalized spacial score (nSPS) is 27.4. The lowest BCUT2D eigenvalue weighted by Crippen LogP contribution is -2.40. The summed E-state index contributed by atoms with van der Waals surface area (Å²) in [6.07, 6.45) is 7.81. The summed E-state index contributed by atoms with van der Waals surface area (Å²) in [5.41, 5.74) is 0. The zero-order chi connectivity index (χ0) is 19.7. The van der Waals surface area contributed by atoms with Gasteiger partial charge in [0.1, 0.15) is 0 Å². The second-order valence-electron chi connectivity index (χ2n) is 7.65. The molecule has 1 aromatic rings. The average molecular weight is 529 g/mol. The van der Waals surface area contributed by atoms with Gasteiger partial charge in [-0.1, -0.05) is 12.2 Å². The van der Waals surface area contributed by atoms with Gasteiger partial charge < -0.3 is 10.6 Å². The minimum absolute atomic E-state index is 0. The van der Waals surface area contributed by atoms with Crippen molar-refractivity contribution in [3.8, 4) is 0 Å². The van der Waals surface area contributed by atoms with Crippen molar-refractivity contribution in [2.45, 2.75) is 33.2 Å². The first-order chi connectivity index (χ1) is 13.6. The number of halogens is 1. The van der Waals surface area contributed by atoms with Crippen LogP contribution in [-0.2, 0) is 16.1 Å². The SMILES string of the molecule is CCNC(=NCc1cnc(C)s1)NCCCN1C(=O)C2C3C=CC(C3)C2C1=O.I.